The van der Waals surface area contributed by atoms with Crippen molar-refractivity contribution < 1.29 is 18.3 Å². The second kappa shape index (κ2) is 5.87. The summed E-state index contributed by atoms with van der Waals surface area (Å²) in [5, 5.41) is 19.9. The number of carbonyl (C=O) groups excluding carboxylic acids is 1. The first kappa shape index (κ1) is 15.8. The number of aliphatic hydroxyl groups is 1. The average Bonchev–Trinajstić information content (AvgIpc) is 2.96. The lowest BCUT2D eigenvalue weighted by Gasteiger charge is -2.31. The second-order valence-corrected chi connectivity index (χ2v) is 8.01. The minimum Gasteiger partial charge on any atom is -0.388 e. The number of rotatable bonds is 3. The highest BCUT2D eigenvalue weighted by Gasteiger charge is 2.34. The van der Waals surface area contributed by atoms with Crippen LogP contribution in [0.4, 0.5) is 10.8 Å². The molecule has 2 aromatic rings. The number of carbonyl (C=O) groups is 1. The number of hydrogen-bond donors (Lipinski definition) is 2. The summed E-state index contributed by atoms with van der Waals surface area (Å²) in [6.45, 7) is 1.45. The van der Waals surface area contributed by atoms with Gasteiger partial charge in [0.2, 0.25) is 11.0 Å². The van der Waals surface area contributed by atoms with Crippen molar-refractivity contribution >= 4 is 38.1 Å². The van der Waals surface area contributed by atoms with E-state index in [2.05, 4.69) is 15.5 Å². The third-order valence-electron chi connectivity index (χ3n) is 3.37. The average molecular weight is 354 g/mol. The molecule has 3 rings (SSSR count). The minimum atomic E-state index is -3.90. The highest BCUT2D eigenvalue weighted by molar-refractivity contribution is 7.94. The molecule has 0 saturated carbocycles. The van der Waals surface area contributed by atoms with E-state index < -0.39 is 16.1 Å². The molecule has 0 aliphatic carbocycles. The molecule has 1 aromatic heterocycles. The summed E-state index contributed by atoms with van der Waals surface area (Å²) in [5.74, 6) is -0.350. The van der Waals surface area contributed by atoms with Crippen molar-refractivity contribution in [3.8, 4) is 0 Å². The molecule has 23 heavy (non-hydrogen) atoms. The van der Waals surface area contributed by atoms with E-state index in [1.165, 1.54) is 11.2 Å². The molecule has 1 aromatic carbocycles. The summed E-state index contributed by atoms with van der Waals surface area (Å²) in [4.78, 5) is 11.0. The topological polar surface area (TPSA) is 112 Å². The van der Waals surface area contributed by atoms with Crippen molar-refractivity contribution in [3.05, 3.63) is 29.8 Å². The predicted molar refractivity (Wildman–Crippen MR) is 84.8 cm³/mol. The highest BCUT2D eigenvalue weighted by atomic mass is 32.2. The molecule has 2 N–H and O–H groups in total. The Morgan fingerprint density at radius 3 is 2.87 bits per heavy atom. The van der Waals surface area contributed by atoms with Gasteiger partial charge in [-0.2, -0.15) is 8.42 Å². The number of hydrogen-bond acceptors (Lipinski definition) is 7. The first-order chi connectivity index (χ1) is 10.9. The first-order valence-electron chi connectivity index (χ1n) is 6.80. The van der Waals surface area contributed by atoms with Crippen LogP contribution >= 0.6 is 11.3 Å². The molecule has 1 aliphatic rings. The smallest absolute Gasteiger partial charge is 0.293 e. The van der Waals surface area contributed by atoms with Gasteiger partial charge in [-0.3, -0.25) is 9.10 Å². The standard InChI is InChI=1S/C13H14N4O4S2/c1-8(18)14-12-15-16-13(22-12)23(20,21)17-7-6-11(19)9-4-2-3-5-10(9)17/h2-5,11,19H,6-7H2,1H3,(H,14,15,18). The Labute approximate surface area is 136 Å². The summed E-state index contributed by atoms with van der Waals surface area (Å²) in [7, 11) is -3.90. The Morgan fingerprint density at radius 1 is 1.39 bits per heavy atom. The van der Waals surface area contributed by atoms with Gasteiger partial charge in [0.1, 0.15) is 0 Å². The lowest BCUT2D eigenvalue weighted by Crippen LogP contribution is -2.36. The van der Waals surface area contributed by atoms with Gasteiger partial charge in [-0.1, -0.05) is 29.5 Å². The van der Waals surface area contributed by atoms with Gasteiger partial charge in [0.15, 0.2) is 0 Å². The number of anilines is 2. The molecule has 1 amide bonds. The van der Waals surface area contributed by atoms with Crippen molar-refractivity contribution in [1.29, 1.82) is 0 Å². The van der Waals surface area contributed by atoms with E-state index in [9.17, 15) is 18.3 Å². The van der Waals surface area contributed by atoms with E-state index in [4.69, 9.17) is 0 Å². The van der Waals surface area contributed by atoms with E-state index in [1.807, 2.05) is 0 Å². The zero-order chi connectivity index (χ0) is 16.6. The number of aliphatic hydroxyl groups excluding tert-OH is 1. The van der Waals surface area contributed by atoms with Crippen molar-refractivity contribution in [3.63, 3.8) is 0 Å². The zero-order valence-corrected chi connectivity index (χ0v) is 13.8. The SMILES string of the molecule is CC(=O)Nc1nnc(S(=O)(=O)N2CCC(O)c3ccccc32)s1. The fourth-order valence-electron chi connectivity index (χ4n) is 2.37. The number of fused-ring (bicyclic) bond motifs is 1. The maximum absolute atomic E-state index is 12.8. The minimum absolute atomic E-state index is 0.126. The summed E-state index contributed by atoms with van der Waals surface area (Å²) < 4.78 is 26.6. The molecule has 0 saturated heterocycles. The van der Waals surface area contributed by atoms with Crippen LogP contribution in [0.1, 0.15) is 25.0 Å². The Bertz CT molecular complexity index is 849. The molecule has 1 aliphatic heterocycles. The van der Waals surface area contributed by atoms with Gasteiger partial charge < -0.3 is 10.4 Å². The molecule has 1 unspecified atom stereocenters. The van der Waals surface area contributed by atoms with Crippen LogP contribution in [-0.2, 0) is 14.8 Å². The molecule has 122 valence electrons. The lowest BCUT2D eigenvalue weighted by molar-refractivity contribution is -0.114. The van der Waals surface area contributed by atoms with E-state index in [1.54, 1.807) is 24.3 Å². The van der Waals surface area contributed by atoms with E-state index in [0.29, 0.717) is 17.7 Å². The molecule has 2 heterocycles. The highest BCUT2D eigenvalue weighted by Crippen LogP contribution is 2.37. The van der Waals surface area contributed by atoms with E-state index in [0.717, 1.165) is 11.3 Å². The number of nitrogens with zero attached hydrogens (tertiary/aromatic N) is 3. The number of para-hydroxylation sites is 1. The van der Waals surface area contributed by atoms with Crippen LogP contribution in [0.15, 0.2) is 28.6 Å². The maximum Gasteiger partial charge on any atom is 0.293 e. The largest absolute Gasteiger partial charge is 0.388 e. The summed E-state index contributed by atoms with van der Waals surface area (Å²) in [6, 6.07) is 6.80. The Balaban J connectivity index is 1.99. The molecule has 0 spiro atoms. The van der Waals surface area contributed by atoms with Crippen molar-refractivity contribution in [2.75, 3.05) is 16.2 Å². The lowest BCUT2D eigenvalue weighted by atomic mass is 10.0. The van der Waals surface area contributed by atoms with Crippen LogP contribution in [0.5, 0.6) is 0 Å². The summed E-state index contributed by atoms with van der Waals surface area (Å²) >= 11 is 0.791. The maximum atomic E-state index is 12.8. The Kier molecular flexibility index (Phi) is 4.04. The number of amides is 1. The predicted octanol–water partition coefficient (Wildman–Crippen LogP) is 1.13. The van der Waals surface area contributed by atoms with Crippen molar-refractivity contribution in [2.45, 2.75) is 23.8 Å². The summed E-state index contributed by atoms with van der Waals surface area (Å²) in [6.07, 6.45) is -0.393. The third kappa shape index (κ3) is 2.92. The fourth-order valence-corrected chi connectivity index (χ4v) is 4.93. The van der Waals surface area contributed by atoms with Crippen LogP contribution in [0, 0.1) is 0 Å². The molecule has 0 radical (unpaired) electrons. The molecule has 10 heteroatoms. The molecule has 0 bridgehead atoms. The second-order valence-electron chi connectivity index (χ2n) is 4.99. The normalized spacial score (nSPS) is 17.7. The van der Waals surface area contributed by atoms with Gasteiger partial charge in [-0.15, -0.1) is 10.2 Å². The fraction of sp³-hybridized carbons (Fsp3) is 0.308. The molecule has 0 fully saturated rings. The summed E-state index contributed by atoms with van der Waals surface area (Å²) in [5.41, 5.74) is 0.997. The number of sulfonamides is 1. The van der Waals surface area contributed by atoms with Crippen LogP contribution in [0.2, 0.25) is 0 Å². The van der Waals surface area contributed by atoms with Gasteiger partial charge in [0, 0.05) is 19.0 Å². The van der Waals surface area contributed by atoms with Crippen molar-refractivity contribution in [2.24, 2.45) is 0 Å². The molecular formula is C13H14N4O4S2. The van der Waals surface area contributed by atoms with Crippen LogP contribution in [0.25, 0.3) is 0 Å². The zero-order valence-electron chi connectivity index (χ0n) is 12.1. The molecular weight excluding hydrogens is 340 g/mol. The number of aromatic nitrogens is 2. The van der Waals surface area contributed by atoms with E-state index in [-0.39, 0.29) is 21.9 Å². The van der Waals surface area contributed by atoms with Crippen LogP contribution < -0.4 is 9.62 Å². The Morgan fingerprint density at radius 2 is 2.13 bits per heavy atom. The molecule has 8 nitrogen and oxygen atoms in total. The van der Waals surface area contributed by atoms with Crippen LogP contribution in [-0.4, -0.2) is 36.2 Å². The van der Waals surface area contributed by atoms with Gasteiger partial charge in [-0.05, 0) is 12.5 Å². The quantitative estimate of drug-likeness (QED) is 0.799. The van der Waals surface area contributed by atoms with E-state index >= 15 is 0 Å². The van der Waals surface area contributed by atoms with Crippen LogP contribution in [0.3, 0.4) is 0 Å². The number of nitrogens with one attached hydrogen (secondary N) is 1. The van der Waals surface area contributed by atoms with Gasteiger partial charge in [0.05, 0.1) is 11.8 Å². The monoisotopic (exact) mass is 354 g/mol. The first-order valence-corrected chi connectivity index (χ1v) is 9.06. The number of benzene rings is 1. The van der Waals surface area contributed by atoms with Gasteiger partial charge in [-0.25, -0.2) is 0 Å². The van der Waals surface area contributed by atoms with Gasteiger partial charge >= 0.3 is 0 Å². The van der Waals surface area contributed by atoms with Gasteiger partial charge in [0.25, 0.3) is 14.4 Å². The Hall–Kier alpha value is -2.04. The third-order valence-corrected chi connectivity index (χ3v) is 6.37. The molecule has 1 atom stereocenters. The van der Waals surface area contributed by atoms with Crippen molar-refractivity contribution in [1.82, 2.24) is 10.2 Å².